The van der Waals surface area contributed by atoms with Crippen LogP contribution in [0.1, 0.15) is 96.8 Å². The van der Waals surface area contributed by atoms with Crippen LogP contribution in [0.15, 0.2) is 0 Å². The second-order valence-corrected chi connectivity index (χ2v) is 22.1. The molecule has 0 saturated carbocycles. The molecule has 0 aliphatic rings. The van der Waals surface area contributed by atoms with Gasteiger partial charge in [0, 0.05) is 0 Å². The first-order chi connectivity index (χ1) is 15.7. The first-order valence-electron chi connectivity index (χ1n) is 13.2. The molecule has 1 radical (unpaired) electrons. The normalized spacial score (nSPS) is 15.0. The monoisotopic (exact) mass is 556 g/mol. The third-order valence-electron chi connectivity index (χ3n) is 5.71. The molecule has 0 aliphatic heterocycles. The van der Waals surface area contributed by atoms with Crippen molar-refractivity contribution >= 4 is 21.4 Å². The molecule has 0 aromatic heterocycles. The fraction of sp³-hybridized carbons (Fsp3) is 1.00. The zero-order chi connectivity index (χ0) is 24.8. The van der Waals surface area contributed by atoms with Gasteiger partial charge in [-0.3, -0.25) is 0 Å². The standard InChI is InChI=1S/C25H55AsO6P/c1-6-7-8-9-10-11-12-13-14-15-16-17-18-19-21-30-23-25(29-5)24-32-33(27,28)31-22-20-26(2,3)4/h25H,6-24H2,1-5H3,(H,27,28)/p-1. The van der Waals surface area contributed by atoms with Crippen molar-refractivity contribution < 1.29 is 28.0 Å². The number of unbranched alkanes of at least 4 members (excludes halogenated alkanes) is 13. The van der Waals surface area contributed by atoms with E-state index in [2.05, 4.69) is 24.1 Å². The molecule has 0 amide bonds. The number of phosphoric acid groups is 1. The third-order valence-corrected chi connectivity index (χ3v) is 9.87. The van der Waals surface area contributed by atoms with Gasteiger partial charge in [0.1, 0.15) is 0 Å². The van der Waals surface area contributed by atoms with Crippen LogP contribution in [0, 0.1) is 0 Å². The Morgan fingerprint density at radius 3 is 1.67 bits per heavy atom. The van der Waals surface area contributed by atoms with Crippen molar-refractivity contribution in [2.24, 2.45) is 0 Å². The molecule has 0 heterocycles. The molecule has 0 N–H and O–H groups in total. The van der Waals surface area contributed by atoms with Gasteiger partial charge in [-0.15, -0.1) is 0 Å². The van der Waals surface area contributed by atoms with E-state index in [1.165, 1.54) is 90.6 Å². The van der Waals surface area contributed by atoms with Crippen molar-refractivity contribution in [3.05, 3.63) is 0 Å². The van der Waals surface area contributed by atoms with E-state index in [9.17, 15) is 9.46 Å². The number of ether oxygens (including phenoxy) is 2. The number of hydrogen-bond acceptors (Lipinski definition) is 6. The molecule has 0 rings (SSSR count). The van der Waals surface area contributed by atoms with Crippen molar-refractivity contribution in [2.75, 3.05) is 33.5 Å². The van der Waals surface area contributed by atoms with Crippen LogP contribution in [-0.2, 0) is 23.1 Å². The summed E-state index contributed by atoms with van der Waals surface area (Å²) in [6.07, 6.45) is 18.2. The van der Waals surface area contributed by atoms with Gasteiger partial charge in [-0.05, 0) is 0 Å². The van der Waals surface area contributed by atoms with Gasteiger partial charge < -0.3 is 0 Å². The Hall–Kier alpha value is 0.588. The number of methoxy groups -OCH3 is 1. The van der Waals surface area contributed by atoms with E-state index in [0.717, 1.165) is 11.6 Å². The van der Waals surface area contributed by atoms with Crippen LogP contribution in [0.2, 0.25) is 22.3 Å². The summed E-state index contributed by atoms with van der Waals surface area (Å²) < 4.78 is 32.7. The molecular formula is C25H54AsO6P-. The van der Waals surface area contributed by atoms with Crippen molar-refractivity contribution in [3.8, 4) is 0 Å². The van der Waals surface area contributed by atoms with Crippen molar-refractivity contribution in [3.63, 3.8) is 0 Å². The summed E-state index contributed by atoms with van der Waals surface area (Å²) in [5.74, 6) is 0. The van der Waals surface area contributed by atoms with E-state index in [4.69, 9.17) is 18.5 Å². The first-order valence-corrected chi connectivity index (χ1v) is 21.6. The van der Waals surface area contributed by atoms with Crippen molar-refractivity contribution in [1.82, 2.24) is 0 Å². The van der Waals surface area contributed by atoms with Gasteiger partial charge in [-0.25, -0.2) is 0 Å². The van der Waals surface area contributed by atoms with Gasteiger partial charge in [0.2, 0.25) is 0 Å². The van der Waals surface area contributed by atoms with Crippen LogP contribution in [0.3, 0.4) is 0 Å². The molecule has 6 nitrogen and oxygen atoms in total. The second kappa shape index (κ2) is 21.8. The fourth-order valence-electron chi connectivity index (χ4n) is 3.44. The maximum atomic E-state index is 11.9. The summed E-state index contributed by atoms with van der Waals surface area (Å²) in [6.45, 7) is 3.38. The summed E-state index contributed by atoms with van der Waals surface area (Å²) in [6, 6.07) is 0. The molecule has 2 atom stereocenters. The fourth-order valence-corrected chi connectivity index (χ4v) is 5.83. The van der Waals surface area contributed by atoms with Crippen molar-refractivity contribution in [2.45, 2.75) is 125 Å². The summed E-state index contributed by atoms with van der Waals surface area (Å²) in [5.41, 5.74) is 6.61. The van der Waals surface area contributed by atoms with E-state index in [0.29, 0.717) is 13.2 Å². The van der Waals surface area contributed by atoms with Gasteiger partial charge in [0.25, 0.3) is 0 Å². The Kier molecular flexibility index (Phi) is 22.2. The minimum atomic E-state index is -4.28. The average Bonchev–Trinajstić information content (AvgIpc) is 2.74. The SMILES string of the molecule is CCCCCCCCCCCCCCCCOCC(COP(=O)([O-])OCC[As](C)(C)C)OC. The van der Waals surface area contributed by atoms with Crippen molar-refractivity contribution in [1.29, 1.82) is 0 Å². The Balaban J connectivity index is 3.53. The molecular weight excluding hydrogens is 502 g/mol. The molecule has 0 aromatic rings. The summed E-state index contributed by atoms with van der Waals surface area (Å²) in [7, 11) is -2.75. The van der Waals surface area contributed by atoms with E-state index < -0.39 is 27.5 Å². The Bertz CT molecular complexity index is 472. The topological polar surface area (TPSA) is 77.1 Å². The van der Waals surface area contributed by atoms with E-state index in [1.54, 1.807) is 0 Å². The van der Waals surface area contributed by atoms with E-state index in [-0.39, 0.29) is 13.2 Å². The molecule has 8 heteroatoms. The van der Waals surface area contributed by atoms with Crippen LogP contribution >= 0.6 is 7.82 Å². The number of hydrogen-bond donors (Lipinski definition) is 0. The molecule has 0 spiro atoms. The molecule has 2 unspecified atom stereocenters. The number of rotatable bonds is 25. The molecule has 0 aromatic carbocycles. The minimum absolute atomic E-state index is 0.0777. The Morgan fingerprint density at radius 2 is 1.21 bits per heavy atom. The number of phosphoric ester groups is 1. The third kappa shape index (κ3) is 25.5. The molecule has 33 heavy (non-hydrogen) atoms. The summed E-state index contributed by atoms with van der Waals surface area (Å²) in [5, 5.41) is 0.809. The van der Waals surface area contributed by atoms with E-state index >= 15 is 0 Å². The second-order valence-electron chi connectivity index (χ2n) is 10.1. The van der Waals surface area contributed by atoms with Gasteiger partial charge in [-0.1, -0.05) is 84.0 Å². The molecule has 0 bridgehead atoms. The van der Waals surface area contributed by atoms with E-state index in [1.807, 2.05) is 0 Å². The quantitative estimate of drug-likeness (QED) is 0.0665. The first kappa shape index (κ1) is 33.6. The average molecular weight is 557 g/mol. The maximum absolute atomic E-state index is 11.9. The van der Waals surface area contributed by atoms with Gasteiger partial charge in [0.05, 0.1) is 0 Å². The zero-order valence-electron chi connectivity index (χ0n) is 22.4. The zero-order valence-corrected chi connectivity index (χ0v) is 25.1. The molecule has 0 fully saturated rings. The molecule has 0 saturated heterocycles. The molecule has 0 aliphatic carbocycles. The Morgan fingerprint density at radius 1 is 0.727 bits per heavy atom. The van der Waals surface area contributed by atoms with Crippen LogP contribution in [0.5, 0.6) is 0 Å². The summed E-state index contributed by atoms with van der Waals surface area (Å²) >= 11 is -1.66. The van der Waals surface area contributed by atoms with Gasteiger partial charge in [0.15, 0.2) is 0 Å². The van der Waals surface area contributed by atoms with Gasteiger partial charge >= 0.3 is 124 Å². The summed E-state index contributed by atoms with van der Waals surface area (Å²) in [4.78, 5) is 11.9. The van der Waals surface area contributed by atoms with Crippen LogP contribution in [-0.4, -0.2) is 53.2 Å². The molecule has 201 valence electrons. The predicted molar refractivity (Wildman–Crippen MR) is 140 cm³/mol. The van der Waals surface area contributed by atoms with Crippen LogP contribution in [0.25, 0.3) is 0 Å². The predicted octanol–water partition coefficient (Wildman–Crippen LogP) is 7.34. The van der Waals surface area contributed by atoms with Crippen LogP contribution < -0.4 is 4.89 Å². The van der Waals surface area contributed by atoms with Crippen LogP contribution in [0.4, 0.5) is 0 Å². The Labute approximate surface area is 207 Å². The van der Waals surface area contributed by atoms with Gasteiger partial charge in [-0.2, -0.15) is 0 Å².